The van der Waals surface area contributed by atoms with Gasteiger partial charge >= 0.3 is 0 Å². The number of H-pyrrole nitrogens is 1. The minimum atomic E-state index is -0.353. The number of aromatic amines is 1. The van der Waals surface area contributed by atoms with Gasteiger partial charge in [0.1, 0.15) is 11.5 Å². The Morgan fingerprint density at radius 1 is 1.22 bits per heavy atom. The first-order valence-corrected chi connectivity index (χ1v) is 9.32. The molecule has 0 bridgehead atoms. The highest BCUT2D eigenvalue weighted by molar-refractivity contribution is 6.01. The monoisotopic (exact) mass is 367 g/mol. The van der Waals surface area contributed by atoms with Crippen molar-refractivity contribution in [2.24, 2.45) is 5.92 Å². The Bertz CT molecular complexity index is 969. The van der Waals surface area contributed by atoms with E-state index < -0.39 is 0 Å². The van der Waals surface area contributed by atoms with Gasteiger partial charge in [-0.1, -0.05) is 25.0 Å². The van der Waals surface area contributed by atoms with Crippen molar-refractivity contribution in [1.82, 2.24) is 15.5 Å². The van der Waals surface area contributed by atoms with Gasteiger partial charge in [-0.15, -0.1) is 0 Å². The maximum absolute atomic E-state index is 14.2. The van der Waals surface area contributed by atoms with Crippen molar-refractivity contribution in [2.75, 3.05) is 6.61 Å². The number of fused-ring (bicyclic) bond motifs is 1. The molecule has 1 saturated carbocycles. The molecule has 1 amide bonds. The Morgan fingerprint density at radius 3 is 2.85 bits per heavy atom. The number of hydrogen-bond acceptors (Lipinski definition) is 3. The molecule has 1 aliphatic rings. The Balaban J connectivity index is 1.64. The van der Waals surface area contributed by atoms with Gasteiger partial charge in [-0.3, -0.25) is 9.89 Å². The molecule has 3 aromatic rings. The molecule has 2 aromatic carbocycles. The Labute approximate surface area is 156 Å². The van der Waals surface area contributed by atoms with Gasteiger partial charge in [0.25, 0.3) is 5.91 Å². The van der Waals surface area contributed by atoms with Crippen molar-refractivity contribution in [3.8, 4) is 11.3 Å². The Morgan fingerprint density at radius 2 is 2.04 bits per heavy atom. The molecule has 1 aliphatic carbocycles. The van der Waals surface area contributed by atoms with Crippen molar-refractivity contribution in [2.45, 2.75) is 31.7 Å². The Kier molecular flexibility index (Phi) is 4.90. The number of carbonyl (C=O) groups is 1. The predicted molar refractivity (Wildman–Crippen MR) is 102 cm³/mol. The van der Waals surface area contributed by atoms with Crippen molar-refractivity contribution >= 4 is 16.8 Å². The quantitative estimate of drug-likeness (QED) is 0.659. The van der Waals surface area contributed by atoms with E-state index in [1.807, 2.05) is 0 Å². The van der Waals surface area contributed by atoms with E-state index >= 15 is 0 Å². The number of amides is 1. The van der Waals surface area contributed by atoms with Crippen LogP contribution < -0.4 is 5.32 Å². The Hall–Kier alpha value is -2.73. The number of halogens is 1. The molecule has 2 unspecified atom stereocenters. The van der Waals surface area contributed by atoms with Crippen molar-refractivity contribution in [3.63, 3.8) is 0 Å². The summed E-state index contributed by atoms with van der Waals surface area (Å²) in [5.74, 6) is -0.425. The molecular weight excluding hydrogens is 345 g/mol. The first-order chi connectivity index (χ1) is 13.2. The fraction of sp³-hybridized carbons (Fsp3) is 0.333. The zero-order chi connectivity index (χ0) is 18.8. The highest BCUT2D eigenvalue weighted by Gasteiger charge is 2.26. The lowest BCUT2D eigenvalue weighted by Crippen LogP contribution is -2.43. The highest BCUT2D eigenvalue weighted by atomic mass is 19.1. The summed E-state index contributed by atoms with van der Waals surface area (Å²) in [5.41, 5.74) is 2.14. The molecule has 3 N–H and O–H groups in total. The highest BCUT2D eigenvalue weighted by Crippen LogP contribution is 2.29. The second-order valence-corrected chi connectivity index (χ2v) is 7.12. The van der Waals surface area contributed by atoms with E-state index in [0.29, 0.717) is 22.2 Å². The fourth-order valence-corrected chi connectivity index (χ4v) is 3.88. The number of rotatable bonds is 4. The largest absolute Gasteiger partial charge is 0.396 e. The minimum absolute atomic E-state index is 0.0117. The smallest absolute Gasteiger partial charge is 0.251 e. The molecule has 5 nitrogen and oxygen atoms in total. The van der Waals surface area contributed by atoms with E-state index in [4.69, 9.17) is 0 Å². The summed E-state index contributed by atoms with van der Waals surface area (Å²) in [7, 11) is 0. The number of benzene rings is 2. The van der Waals surface area contributed by atoms with Crippen LogP contribution in [-0.4, -0.2) is 33.9 Å². The molecule has 0 radical (unpaired) electrons. The summed E-state index contributed by atoms with van der Waals surface area (Å²) in [5, 5.41) is 20.4. The third-order valence-corrected chi connectivity index (χ3v) is 5.41. The van der Waals surface area contributed by atoms with Crippen LogP contribution in [0.2, 0.25) is 0 Å². The van der Waals surface area contributed by atoms with E-state index in [0.717, 1.165) is 31.2 Å². The summed E-state index contributed by atoms with van der Waals surface area (Å²) in [6.45, 7) is 0.0865. The summed E-state index contributed by atoms with van der Waals surface area (Å²) in [6, 6.07) is 11.7. The van der Waals surface area contributed by atoms with Crippen LogP contribution >= 0.6 is 0 Å². The minimum Gasteiger partial charge on any atom is -0.396 e. The average Bonchev–Trinajstić information content (AvgIpc) is 3.12. The topological polar surface area (TPSA) is 78.0 Å². The fourth-order valence-electron chi connectivity index (χ4n) is 3.88. The van der Waals surface area contributed by atoms with Gasteiger partial charge in [0.15, 0.2) is 0 Å². The molecule has 1 aromatic heterocycles. The number of aliphatic hydroxyl groups excluding tert-OH is 1. The number of aromatic nitrogens is 2. The summed E-state index contributed by atoms with van der Waals surface area (Å²) < 4.78 is 14.2. The van der Waals surface area contributed by atoms with E-state index in [-0.39, 0.29) is 30.3 Å². The molecule has 0 aliphatic heterocycles. The first-order valence-electron chi connectivity index (χ1n) is 9.32. The average molecular weight is 367 g/mol. The number of carbonyl (C=O) groups excluding carboxylic acids is 1. The lowest BCUT2D eigenvalue weighted by atomic mass is 9.85. The molecule has 140 valence electrons. The molecule has 0 spiro atoms. The third-order valence-electron chi connectivity index (χ3n) is 5.41. The summed E-state index contributed by atoms with van der Waals surface area (Å²) >= 11 is 0. The van der Waals surface area contributed by atoms with Crippen LogP contribution in [0, 0.1) is 11.7 Å². The molecule has 27 heavy (non-hydrogen) atoms. The second-order valence-electron chi connectivity index (χ2n) is 7.12. The van der Waals surface area contributed by atoms with Gasteiger partial charge < -0.3 is 10.4 Å². The standard InChI is InChI=1S/C21H22FN3O2/c22-17-7-3-2-6-15(17)20-16-11-13(9-10-19(16)24-25-20)21(27)23-18-8-4-1-5-14(18)12-26/h2-3,6-7,9-11,14,18,26H,1,4-5,8,12H2,(H,23,27)(H,24,25). The second kappa shape index (κ2) is 7.48. The number of hydrogen-bond donors (Lipinski definition) is 3. The molecule has 2 atom stereocenters. The van der Waals surface area contributed by atoms with Crippen molar-refractivity contribution in [3.05, 3.63) is 53.8 Å². The van der Waals surface area contributed by atoms with Crippen LogP contribution in [0.1, 0.15) is 36.0 Å². The summed E-state index contributed by atoms with van der Waals surface area (Å²) in [4.78, 5) is 12.8. The van der Waals surface area contributed by atoms with Gasteiger partial charge in [-0.2, -0.15) is 5.10 Å². The SMILES string of the molecule is O=C(NC1CCCCC1CO)c1ccc2[nH]nc(-c3ccccc3F)c2c1. The van der Waals surface area contributed by atoms with Gasteiger partial charge in [-0.25, -0.2) is 4.39 Å². The van der Waals surface area contributed by atoms with Crippen molar-refractivity contribution in [1.29, 1.82) is 0 Å². The third kappa shape index (κ3) is 3.45. The first kappa shape index (κ1) is 17.7. The maximum atomic E-state index is 14.2. The molecule has 0 saturated heterocycles. The van der Waals surface area contributed by atoms with Gasteiger partial charge in [0, 0.05) is 35.1 Å². The van der Waals surface area contributed by atoms with Gasteiger partial charge in [0.2, 0.25) is 0 Å². The van der Waals surface area contributed by atoms with Crippen LogP contribution in [0.15, 0.2) is 42.5 Å². The van der Waals surface area contributed by atoms with E-state index in [1.165, 1.54) is 6.07 Å². The van der Waals surface area contributed by atoms with E-state index in [1.54, 1.807) is 36.4 Å². The summed E-state index contributed by atoms with van der Waals surface area (Å²) in [6.07, 6.45) is 3.95. The number of nitrogens with one attached hydrogen (secondary N) is 2. The molecule has 4 rings (SSSR count). The molecular formula is C21H22FN3O2. The maximum Gasteiger partial charge on any atom is 0.251 e. The zero-order valence-electron chi connectivity index (χ0n) is 14.9. The number of nitrogens with zero attached hydrogens (tertiary/aromatic N) is 1. The van der Waals surface area contributed by atoms with Crippen LogP contribution in [0.5, 0.6) is 0 Å². The van der Waals surface area contributed by atoms with Crippen molar-refractivity contribution < 1.29 is 14.3 Å². The lowest BCUT2D eigenvalue weighted by molar-refractivity contribution is 0.0872. The molecule has 1 heterocycles. The van der Waals surface area contributed by atoms with Crippen LogP contribution in [0.3, 0.4) is 0 Å². The van der Waals surface area contributed by atoms with Gasteiger partial charge in [0.05, 0.1) is 5.52 Å². The predicted octanol–water partition coefficient (Wildman–Crippen LogP) is 3.65. The number of aliphatic hydroxyl groups is 1. The zero-order valence-corrected chi connectivity index (χ0v) is 14.9. The lowest BCUT2D eigenvalue weighted by Gasteiger charge is -2.30. The normalized spacial score (nSPS) is 19.9. The van der Waals surface area contributed by atoms with Crippen LogP contribution in [0.4, 0.5) is 4.39 Å². The van der Waals surface area contributed by atoms with Gasteiger partial charge in [-0.05, 0) is 43.2 Å². The van der Waals surface area contributed by atoms with E-state index in [9.17, 15) is 14.3 Å². The molecule has 1 fully saturated rings. The van der Waals surface area contributed by atoms with E-state index in [2.05, 4.69) is 15.5 Å². The van der Waals surface area contributed by atoms with Crippen LogP contribution in [-0.2, 0) is 0 Å². The van der Waals surface area contributed by atoms with Crippen LogP contribution in [0.25, 0.3) is 22.2 Å². The molecule has 6 heteroatoms.